The Morgan fingerprint density at radius 2 is 2.19 bits per heavy atom. The topological polar surface area (TPSA) is 100 Å². The van der Waals surface area contributed by atoms with E-state index in [0.29, 0.717) is 5.17 Å². The molecule has 1 aliphatic heterocycles. The molecule has 2 N–H and O–H groups in total. The van der Waals surface area contributed by atoms with E-state index in [0.717, 1.165) is 23.1 Å². The molecule has 1 fully saturated rings. The van der Waals surface area contributed by atoms with E-state index in [9.17, 15) is 9.59 Å². The molecule has 1 saturated heterocycles. The van der Waals surface area contributed by atoms with Crippen LogP contribution in [0, 0.1) is 0 Å². The highest BCUT2D eigenvalue weighted by atomic mass is 32.2. The molecule has 0 radical (unpaired) electrons. The van der Waals surface area contributed by atoms with Crippen LogP contribution in [-0.2, 0) is 9.59 Å². The van der Waals surface area contributed by atoms with E-state index in [4.69, 9.17) is 9.84 Å². The van der Waals surface area contributed by atoms with Crippen molar-refractivity contribution in [2.45, 2.75) is 11.7 Å². The number of carboxylic acid groups (broad SMARTS) is 1. The second-order valence-electron chi connectivity index (χ2n) is 4.12. The number of amidine groups is 1. The third kappa shape index (κ3) is 4.32. The van der Waals surface area contributed by atoms with Gasteiger partial charge in [-0.05, 0) is 29.8 Å². The summed E-state index contributed by atoms with van der Waals surface area (Å²) in [6.07, 6.45) is 1.29. The van der Waals surface area contributed by atoms with E-state index in [-0.39, 0.29) is 12.3 Å². The largest absolute Gasteiger partial charge is 0.497 e. The van der Waals surface area contributed by atoms with E-state index in [1.165, 1.54) is 6.21 Å². The predicted octanol–water partition coefficient (Wildman–Crippen LogP) is 1.09. The predicted molar refractivity (Wildman–Crippen MR) is 79.8 cm³/mol. The molecular formula is C13H13N3O4S. The van der Waals surface area contributed by atoms with Gasteiger partial charge in [0, 0.05) is 0 Å². The van der Waals surface area contributed by atoms with Gasteiger partial charge in [-0.15, -0.1) is 5.10 Å². The minimum atomic E-state index is -1.02. The van der Waals surface area contributed by atoms with E-state index in [2.05, 4.69) is 15.5 Å². The van der Waals surface area contributed by atoms with Gasteiger partial charge in [-0.2, -0.15) is 5.10 Å². The van der Waals surface area contributed by atoms with Gasteiger partial charge in [-0.25, -0.2) is 0 Å². The summed E-state index contributed by atoms with van der Waals surface area (Å²) in [7, 11) is 1.59. The van der Waals surface area contributed by atoms with Crippen molar-refractivity contribution >= 4 is 35.0 Å². The third-order valence-corrected chi connectivity index (χ3v) is 3.68. The number of carbonyl (C=O) groups excluding carboxylic acids is 1. The van der Waals surface area contributed by atoms with Crippen molar-refractivity contribution in [1.29, 1.82) is 0 Å². The molecule has 1 aromatic carbocycles. The number of aliphatic carboxylic acids is 1. The van der Waals surface area contributed by atoms with Crippen LogP contribution in [0.5, 0.6) is 5.75 Å². The first-order valence-corrected chi connectivity index (χ1v) is 6.91. The molecular weight excluding hydrogens is 294 g/mol. The Morgan fingerprint density at radius 3 is 2.81 bits per heavy atom. The lowest BCUT2D eigenvalue weighted by atomic mass is 10.2. The first-order valence-electron chi connectivity index (χ1n) is 6.03. The summed E-state index contributed by atoms with van der Waals surface area (Å²) in [5.41, 5.74) is 0.830. The lowest BCUT2D eigenvalue weighted by Crippen LogP contribution is -2.26. The van der Waals surface area contributed by atoms with Gasteiger partial charge in [0.15, 0.2) is 5.17 Å². The molecule has 0 spiro atoms. The van der Waals surface area contributed by atoms with Crippen LogP contribution in [0.4, 0.5) is 0 Å². The molecule has 0 bridgehead atoms. The Labute approximate surface area is 125 Å². The molecule has 1 atom stereocenters. The highest BCUT2D eigenvalue weighted by Gasteiger charge is 2.32. The molecule has 110 valence electrons. The van der Waals surface area contributed by atoms with Gasteiger partial charge in [-0.1, -0.05) is 11.8 Å². The number of carboxylic acids is 1. The Balaban J connectivity index is 1.96. The Morgan fingerprint density at radius 1 is 1.48 bits per heavy atom. The molecule has 1 heterocycles. The first-order chi connectivity index (χ1) is 10.1. The van der Waals surface area contributed by atoms with Crippen molar-refractivity contribution in [3.05, 3.63) is 29.8 Å². The van der Waals surface area contributed by atoms with Crippen LogP contribution in [0.3, 0.4) is 0 Å². The number of amides is 1. The number of hydrogen-bond acceptors (Lipinski definition) is 6. The average Bonchev–Trinajstić information content (AvgIpc) is 2.79. The van der Waals surface area contributed by atoms with Gasteiger partial charge in [0.2, 0.25) is 5.91 Å². The van der Waals surface area contributed by atoms with Crippen LogP contribution < -0.4 is 10.1 Å². The van der Waals surface area contributed by atoms with Crippen molar-refractivity contribution in [3.63, 3.8) is 0 Å². The third-order valence-electron chi connectivity index (χ3n) is 2.61. The summed E-state index contributed by atoms with van der Waals surface area (Å²) in [6.45, 7) is 0. The van der Waals surface area contributed by atoms with Gasteiger partial charge in [0.25, 0.3) is 0 Å². The van der Waals surface area contributed by atoms with Crippen LogP contribution >= 0.6 is 11.8 Å². The molecule has 1 amide bonds. The zero-order chi connectivity index (χ0) is 15.2. The lowest BCUT2D eigenvalue weighted by Gasteiger charge is -1.98. The van der Waals surface area contributed by atoms with Crippen molar-refractivity contribution in [2.24, 2.45) is 10.2 Å². The molecule has 0 saturated carbocycles. The second kappa shape index (κ2) is 6.89. The number of carbonyl (C=O) groups is 2. The summed E-state index contributed by atoms with van der Waals surface area (Å²) in [4.78, 5) is 22.1. The first kappa shape index (κ1) is 15.0. The van der Waals surface area contributed by atoms with Crippen LogP contribution in [-0.4, -0.2) is 40.7 Å². The van der Waals surface area contributed by atoms with Gasteiger partial charge >= 0.3 is 5.97 Å². The van der Waals surface area contributed by atoms with Crippen molar-refractivity contribution in [2.75, 3.05) is 7.11 Å². The van der Waals surface area contributed by atoms with Crippen molar-refractivity contribution in [1.82, 2.24) is 5.32 Å². The van der Waals surface area contributed by atoms with Gasteiger partial charge in [0.1, 0.15) is 11.0 Å². The molecule has 0 aliphatic carbocycles. The zero-order valence-electron chi connectivity index (χ0n) is 11.1. The molecule has 1 aliphatic rings. The normalized spacial score (nSPS) is 20.0. The highest BCUT2D eigenvalue weighted by molar-refractivity contribution is 8.15. The summed E-state index contributed by atoms with van der Waals surface area (Å²) in [5.74, 6) is -0.639. The number of nitrogens with zero attached hydrogens (tertiary/aromatic N) is 2. The number of nitrogens with one attached hydrogen (secondary N) is 1. The number of ether oxygens (including phenoxy) is 1. The summed E-state index contributed by atoms with van der Waals surface area (Å²) in [6, 6.07) is 7.22. The number of methoxy groups -OCH3 is 1. The van der Waals surface area contributed by atoms with E-state index in [1.807, 2.05) is 12.1 Å². The van der Waals surface area contributed by atoms with Crippen LogP contribution in [0.1, 0.15) is 12.0 Å². The minimum absolute atomic E-state index is 0.238. The molecule has 7 nitrogen and oxygen atoms in total. The van der Waals surface area contributed by atoms with Crippen molar-refractivity contribution < 1.29 is 19.4 Å². The minimum Gasteiger partial charge on any atom is -0.497 e. The van der Waals surface area contributed by atoms with Crippen molar-refractivity contribution in [3.8, 4) is 5.75 Å². The molecule has 0 unspecified atom stereocenters. The maximum absolute atomic E-state index is 11.5. The zero-order valence-corrected chi connectivity index (χ0v) is 12.0. The fourth-order valence-electron chi connectivity index (χ4n) is 1.58. The maximum atomic E-state index is 11.5. The average molecular weight is 307 g/mol. The molecule has 0 aromatic heterocycles. The van der Waals surface area contributed by atoms with Crippen LogP contribution in [0.25, 0.3) is 0 Å². The van der Waals surface area contributed by atoms with Gasteiger partial charge in [0.05, 0.1) is 19.7 Å². The summed E-state index contributed by atoms with van der Waals surface area (Å²) >= 11 is 1.06. The fraction of sp³-hybridized carbons (Fsp3) is 0.231. The Bertz CT molecular complexity index is 598. The second-order valence-corrected chi connectivity index (χ2v) is 5.31. The monoisotopic (exact) mass is 307 g/mol. The van der Waals surface area contributed by atoms with E-state index < -0.39 is 11.2 Å². The number of hydrogen-bond donors (Lipinski definition) is 2. The smallest absolute Gasteiger partial charge is 0.305 e. The molecule has 21 heavy (non-hydrogen) atoms. The van der Waals surface area contributed by atoms with Crippen LogP contribution in [0.15, 0.2) is 34.5 Å². The standard InChI is InChI=1S/C13H13N3O4S/c1-20-9-4-2-8(3-5-9)7-14-16-13-15-12(19)10(21-13)6-11(17)18/h2-5,7,10H,6H2,1H3,(H,17,18)(H,15,16,19)/b14-7-/t10-/m1/s1. The Kier molecular flexibility index (Phi) is 4.94. The quantitative estimate of drug-likeness (QED) is 0.626. The lowest BCUT2D eigenvalue weighted by molar-refractivity contribution is -0.138. The number of benzene rings is 1. The molecule has 8 heteroatoms. The molecule has 1 aromatic rings. The number of rotatable bonds is 5. The number of thioether (sulfide) groups is 1. The SMILES string of the molecule is COc1ccc(/C=N\N=C2\NC(=O)[C@@H](CC(=O)O)S2)cc1. The fourth-order valence-corrected chi connectivity index (χ4v) is 2.50. The summed E-state index contributed by atoms with van der Waals surface area (Å²) < 4.78 is 5.04. The molecule has 2 rings (SSSR count). The Hall–Kier alpha value is -2.35. The van der Waals surface area contributed by atoms with Gasteiger partial charge < -0.3 is 15.2 Å². The highest BCUT2D eigenvalue weighted by Crippen LogP contribution is 2.22. The van der Waals surface area contributed by atoms with E-state index >= 15 is 0 Å². The maximum Gasteiger partial charge on any atom is 0.305 e. The van der Waals surface area contributed by atoms with Crippen LogP contribution in [0.2, 0.25) is 0 Å². The van der Waals surface area contributed by atoms with Gasteiger partial charge in [-0.3, -0.25) is 9.59 Å². The summed E-state index contributed by atoms with van der Waals surface area (Å²) in [5, 5.41) is 18.5. The van der Waals surface area contributed by atoms with E-state index in [1.54, 1.807) is 19.2 Å².